The number of benzene rings is 1. The van der Waals surface area contributed by atoms with Crippen molar-refractivity contribution in [3.8, 4) is 0 Å². The third-order valence-electron chi connectivity index (χ3n) is 8.07. The third-order valence-corrected chi connectivity index (χ3v) is 9.18. The number of morpholine rings is 1. The molecule has 0 unspecified atom stereocenters. The van der Waals surface area contributed by atoms with Gasteiger partial charge >= 0.3 is 6.03 Å². The summed E-state index contributed by atoms with van der Waals surface area (Å²) in [4.78, 5) is 68.0. The largest absolute Gasteiger partial charge is 0.378 e. The van der Waals surface area contributed by atoms with Gasteiger partial charge in [-0.15, -0.1) is 11.8 Å². The predicted molar refractivity (Wildman–Crippen MR) is 149 cm³/mol. The van der Waals surface area contributed by atoms with Crippen LogP contribution < -0.4 is 15.1 Å². The van der Waals surface area contributed by atoms with E-state index in [0.29, 0.717) is 19.8 Å². The number of nitrogens with one attached hydrogen (secondary N) is 1. The van der Waals surface area contributed by atoms with Gasteiger partial charge in [0.05, 0.1) is 41.5 Å². The number of hydrogen-bond acceptors (Lipinski definition) is 11. The number of nitrogens with zero attached hydrogens (tertiary/aromatic N) is 7. The Morgan fingerprint density at radius 2 is 1.63 bits per heavy atom. The summed E-state index contributed by atoms with van der Waals surface area (Å²) < 4.78 is 5.51. The van der Waals surface area contributed by atoms with E-state index in [-0.39, 0.29) is 24.1 Å². The number of hydrogen-bond donors (Lipinski definition) is 1. The van der Waals surface area contributed by atoms with Gasteiger partial charge in [0, 0.05) is 64.4 Å². The Bertz CT molecular complexity index is 1440. The van der Waals surface area contributed by atoms with Crippen molar-refractivity contribution in [3.05, 3.63) is 40.6 Å². The van der Waals surface area contributed by atoms with Gasteiger partial charge in [-0.1, -0.05) is 6.07 Å². The molecule has 0 aliphatic carbocycles. The lowest BCUT2D eigenvalue weighted by molar-refractivity contribution is -0.122. The lowest BCUT2D eigenvalue weighted by atomic mass is 10.1. The molecule has 0 atom stereocenters. The van der Waals surface area contributed by atoms with Crippen molar-refractivity contribution in [2.24, 2.45) is 0 Å². The van der Waals surface area contributed by atoms with Crippen LogP contribution in [0.25, 0.3) is 0 Å². The monoisotopic (exact) mass is 578 g/mol. The summed E-state index contributed by atoms with van der Waals surface area (Å²) in [6.45, 7) is 6.91. The van der Waals surface area contributed by atoms with Crippen LogP contribution >= 0.6 is 11.8 Å². The van der Waals surface area contributed by atoms with Gasteiger partial charge in [0.1, 0.15) is 5.82 Å². The molecule has 1 aromatic carbocycles. The van der Waals surface area contributed by atoms with E-state index in [0.717, 1.165) is 84.5 Å². The molecule has 1 aromatic heterocycles. The zero-order chi connectivity index (χ0) is 28.1. The molecule has 3 fully saturated rings. The van der Waals surface area contributed by atoms with E-state index < -0.39 is 23.8 Å². The average molecular weight is 579 g/mol. The molecular formula is C27H30N8O5S. The van der Waals surface area contributed by atoms with Crippen LogP contribution in [-0.4, -0.2) is 113 Å². The molecule has 5 aliphatic heterocycles. The zero-order valence-corrected chi connectivity index (χ0v) is 23.3. The van der Waals surface area contributed by atoms with Gasteiger partial charge in [-0.3, -0.25) is 24.6 Å². The summed E-state index contributed by atoms with van der Waals surface area (Å²) >= 11 is 1.84. The lowest BCUT2D eigenvalue weighted by Crippen LogP contribution is -2.58. The molecule has 6 heterocycles. The summed E-state index contributed by atoms with van der Waals surface area (Å²) in [6, 6.07) is 4.50. The topological polar surface area (TPSA) is 132 Å². The van der Waals surface area contributed by atoms with E-state index in [9.17, 15) is 19.2 Å². The van der Waals surface area contributed by atoms with E-state index in [1.54, 1.807) is 12.1 Å². The number of carbonyl (C=O) groups is 4. The Balaban J connectivity index is 1.03. The number of amides is 5. The Labute approximate surface area is 240 Å². The summed E-state index contributed by atoms with van der Waals surface area (Å²) in [7, 11) is 0. The number of anilines is 2. The minimum absolute atomic E-state index is 0.0186. The molecule has 13 nitrogen and oxygen atoms in total. The molecule has 41 heavy (non-hydrogen) atoms. The molecule has 1 N–H and O–H groups in total. The highest BCUT2D eigenvalue weighted by molar-refractivity contribution is 7.99. The van der Waals surface area contributed by atoms with Gasteiger partial charge in [-0.25, -0.2) is 14.8 Å². The highest BCUT2D eigenvalue weighted by Crippen LogP contribution is 2.39. The Kier molecular flexibility index (Phi) is 6.75. The number of ether oxygens (including phenoxy) is 1. The lowest BCUT2D eigenvalue weighted by Gasteiger charge is -2.36. The smallest absolute Gasteiger partial charge is 0.343 e. The van der Waals surface area contributed by atoms with E-state index in [4.69, 9.17) is 14.7 Å². The van der Waals surface area contributed by atoms with E-state index in [2.05, 4.69) is 20.0 Å². The highest BCUT2D eigenvalue weighted by atomic mass is 32.2. The number of piperazine rings is 1. The van der Waals surface area contributed by atoms with Crippen LogP contribution in [0.3, 0.4) is 0 Å². The van der Waals surface area contributed by atoms with Crippen LogP contribution in [0.4, 0.5) is 16.6 Å². The molecule has 5 aliphatic rings. The third kappa shape index (κ3) is 4.79. The standard InChI is InChI=1S/C27H30N8O5S/c36-21-3-5-34(27(39)29-21)35-24(37)18-2-1-17(15-19(18)25(35)38)16-31-6-8-32(9-7-31)23-22-20(4-14-41-22)28-26(30-23)33-10-12-40-13-11-33/h1-2,15H,3-14,16H2,(H,29,36,39). The molecule has 5 amide bonds. The molecule has 0 saturated carbocycles. The Morgan fingerprint density at radius 1 is 0.854 bits per heavy atom. The van der Waals surface area contributed by atoms with Crippen LogP contribution in [0.5, 0.6) is 0 Å². The minimum Gasteiger partial charge on any atom is -0.378 e. The normalized spacial score (nSPS) is 21.5. The number of aryl methyl sites for hydroxylation is 1. The van der Waals surface area contributed by atoms with Gasteiger partial charge in [0.15, 0.2) is 0 Å². The Morgan fingerprint density at radius 3 is 2.41 bits per heavy atom. The summed E-state index contributed by atoms with van der Waals surface area (Å²) in [5.41, 5.74) is 2.61. The fourth-order valence-corrected chi connectivity index (χ4v) is 6.99. The number of carbonyl (C=O) groups excluding carboxylic acids is 4. The first kappa shape index (κ1) is 26.2. The molecule has 0 spiro atoms. The van der Waals surface area contributed by atoms with E-state index in [1.165, 1.54) is 4.90 Å². The highest BCUT2D eigenvalue weighted by Gasteiger charge is 2.43. The zero-order valence-electron chi connectivity index (χ0n) is 22.5. The van der Waals surface area contributed by atoms with Gasteiger partial charge < -0.3 is 14.5 Å². The molecule has 14 heteroatoms. The minimum atomic E-state index is -0.765. The molecular weight excluding hydrogens is 548 g/mol. The fraction of sp³-hybridized carbons (Fsp3) is 0.481. The maximum Gasteiger partial charge on any atom is 0.343 e. The second kappa shape index (κ2) is 10.6. The predicted octanol–water partition coefficient (Wildman–Crippen LogP) is 0.737. The van der Waals surface area contributed by atoms with Crippen LogP contribution in [0.1, 0.15) is 38.4 Å². The first-order chi connectivity index (χ1) is 20.0. The molecule has 0 bridgehead atoms. The summed E-state index contributed by atoms with van der Waals surface area (Å²) in [5, 5.41) is 4.02. The average Bonchev–Trinajstić information content (AvgIpc) is 3.56. The number of aromatic nitrogens is 2. The first-order valence-electron chi connectivity index (χ1n) is 13.9. The number of hydrazine groups is 1. The van der Waals surface area contributed by atoms with Crippen molar-refractivity contribution < 1.29 is 23.9 Å². The van der Waals surface area contributed by atoms with Gasteiger partial charge in [0.2, 0.25) is 11.9 Å². The number of rotatable bonds is 5. The van der Waals surface area contributed by atoms with E-state index >= 15 is 0 Å². The maximum absolute atomic E-state index is 13.2. The van der Waals surface area contributed by atoms with Crippen LogP contribution in [0.15, 0.2) is 23.1 Å². The number of urea groups is 1. The first-order valence-corrected chi connectivity index (χ1v) is 14.9. The summed E-state index contributed by atoms with van der Waals surface area (Å²) in [6.07, 6.45) is 0.992. The van der Waals surface area contributed by atoms with Crippen molar-refractivity contribution in [2.45, 2.75) is 24.3 Å². The van der Waals surface area contributed by atoms with Crippen molar-refractivity contribution in [2.75, 3.05) is 74.6 Å². The molecule has 2 aromatic rings. The second-order valence-corrected chi connectivity index (χ2v) is 11.7. The molecule has 3 saturated heterocycles. The number of thioether (sulfide) groups is 1. The number of fused-ring (bicyclic) bond motifs is 2. The maximum atomic E-state index is 13.2. The van der Waals surface area contributed by atoms with E-state index in [1.807, 2.05) is 17.8 Å². The van der Waals surface area contributed by atoms with Gasteiger partial charge in [-0.05, 0) is 17.7 Å². The van der Waals surface area contributed by atoms with Crippen molar-refractivity contribution in [1.29, 1.82) is 0 Å². The molecule has 0 radical (unpaired) electrons. The Hall–Kier alpha value is -3.75. The second-order valence-electron chi connectivity index (χ2n) is 10.6. The van der Waals surface area contributed by atoms with Crippen LogP contribution in [0, 0.1) is 0 Å². The van der Waals surface area contributed by atoms with Crippen LogP contribution in [-0.2, 0) is 22.5 Å². The molecule has 214 valence electrons. The van der Waals surface area contributed by atoms with Gasteiger partial charge in [-0.2, -0.15) is 9.99 Å². The SMILES string of the molecule is O=C1CCN(N2C(=O)c3ccc(CN4CCN(c5nc(N6CCOCC6)nc6c5SCC6)CC4)cc3C2=O)C(=O)N1. The quantitative estimate of drug-likeness (QED) is 0.504. The molecule has 7 rings (SSSR count). The van der Waals surface area contributed by atoms with Crippen molar-refractivity contribution >= 4 is 47.3 Å². The summed E-state index contributed by atoms with van der Waals surface area (Å²) in [5.74, 6) is 1.33. The van der Waals surface area contributed by atoms with Gasteiger partial charge in [0.25, 0.3) is 11.8 Å². The van der Waals surface area contributed by atoms with Crippen molar-refractivity contribution in [3.63, 3.8) is 0 Å². The van der Waals surface area contributed by atoms with Crippen molar-refractivity contribution in [1.82, 2.24) is 30.2 Å². The van der Waals surface area contributed by atoms with Crippen LogP contribution in [0.2, 0.25) is 0 Å². The fourth-order valence-electron chi connectivity index (χ4n) is 5.87. The number of imide groups is 2.